The van der Waals surface area contributed by atoms with E-state index in [-0.39, 0.29) is 11.8 Å². The average molecular weight is 449 g/mol. The Kier molecular flexibility index (Phi) is 7.27. The zero-order valence-electron chi connectivity index (χ0n) is 18.5. The Bertz CT molecular complexity index is 1030. The van der Waals surface area contributed by atoms with Gasteiger partial charge in [0.25, 0.3) is 0 Å². The molecule has 1 amide bonds. The second-order valence-electron chi connectivity index (χ2n) is 7.98. The molecule has 3 aromatic rings. The summed E-state index contributed by atoms with van der Waals surface area (Å²) >= 11 is 1.61. The summed E-state index contributed by atoms with van der Waals surface area (Å²) in [6.45, 7) is 4.20. The number of rotatable bonds is 7. The maximum atomic E-state index is 12.6. The number of hydrogen-bond donors (Lipinski definition) is 1. The highest BCUT2D eigenvalue weighted by molar-refractivity contribution is 7.99. The number of nitrogens with zero attached hydrogens (tertiary/aromatic N) is 3. The van der Waals surface area contributed by atoms with Crippen LogP contribution in [0.15, 0.2) is 70.6 Å². The minimum Gasteiger partial charge on any atom is -0.497 e. The molecule has 32 heavy (non-hydrogen) atoms. The predicted molar refractivity (Wildman–Crippen MR) is 127 cm³/mol. The first-order valence-corrected chi connectivity index (χ1v) is 11.7. The van der Waals surface area contributed by atoms with Gasteiger partial charge in [0, 0.05) is 30.4 Å². The lowest BCUT2D eigenvalue weighted by atomic mass is 9.96. The lowest BCUT2D eigenvalue weighted by molar-refractivity contribution is -0.125. The number of carbonyl (C=O) groups excluding carboxylic acids is 1. The van der Waals surface area contributed by atoms with Crippen LogP contribution in [0, 0.1) is 12.8 Å². The summed E-state index contributed by atoms with van der Waals surface area (Å²) in [5, 5.41) is 12.7. The van der Waals surface area contributed by atoms with Gasteiger partial charge in [0.05, 0.1) is 7.11 Å². The third-order valence-electron chi connectivity index (χ3n) is 5.66. The van der Waals surface area contributed by atoms with Gasteiger partial charge in [-0.2, -0.15) is 0 Å². The van der Waals surface area contributed by atoms with Crippen LogP contribution in [0.5, 0.6) is 5.75 Å². The molecule has 2 heterocycles. The van der Waals surface area contributed by atoms with Gasteiger partial charge in [-0.1, -0.05) is 41.6 Å². The van der Waals surface area contributed by atoms with E-state index in [0.29, 0.717) is 6.54 Å². The van der Waals surface area contributed by atoms with Crippen LogP contribution in [0.2, 0.25) is 0 Å². The maximum Gasteiger partial charge on any atom is 0.223 e. The van der Waals surface area contributed by atoms with E-state index in [9.17, 15) is 4.79 Å². The third-order valence-corrected chi connectivity index (χ3v) is 6.59. The molecule has 0 bridgehead atoms. The van der Waals surface area contributed by atoms with Crippen molar-refractivity contribution in [3.8, 4) is 5.75 Å². The highest BCUT2D eigenvalue weighted by Gasteiger charge is 2.25. The van der Waals surface area contributed by atoms with Crippen molar-refractivity contribution in [2.24, 2.45) is 5.92 Å². The van der Waals surface area contributed by atoms with E-state index in [2.05, 4.69) is 51.6 Å². The molecule has 1 fully saturated rings. The first-order valence-electron chi connectivity index (χ1n) is 10.8. The van der Waals surface area contributed by atoms with Gasteiger partial charge < -0.3 is 15.0 Å². The van der Waals surface area contributed by atoms with Gasteiger partial charge in [-0.25, -0.2) is 0 Å². The largest absolute Gasteiger partial charge is 0.497 e. The van der Waals surface area contributed by atoms with Crippen molar-refractivity contribution in [1.82, 2.24) is 15.5 Å². The molecule has 0 spiro atoms. The Morgan fingerprint density at radius 2 is 1.88 bits per heavy atom. The fourth-order valence-corrected chi connectivity index (χ4v) is 4.48. The van der Waals surface area contributed by atoms with Crippen molar-refractivity contribution >= 4 is 23.5 Å². The number of piperidine rings is 1. The van der Waals surface area contributed by atoms with Crippen molar-refractivity contribution in [2.45, 2.75) is 36.2 Å². The molecule has 1 N–H and O–H groups in total. The van der Waals surface area contributed by atoms with Crippen LogP contribution in [-0.4, -0.2) is 36.3 Å². The first kappa shape index (κ1) is 22.1. The van der Waals surface area contributed by atoms with Crippen molar-refractivity contribution in [1.29, 1.82) is 0 Å². The van der Waals surface area contributed by atoms with Crippen LogP contribution < -0.4 is 15.0 Å². The molecule has 2 aromatic carbocycles. The minimum atomic E-state index is 0.0289. The fraction of sp³-hybridized carbons (Fsp3) is 0.320. The number of aromatic nitrogens is 2. The SMILES string of the molecule is COc1cccc(CNC(=O)C2CCN(c3ccc(Sc4ccc(C)cc4)nn3)CC2)c1. The smallest absolute Gasteiger partial charge is 0.223 e. The molecule has 166 valence electrons. The Morgan fingerprint density at radius 3 is 2.56 bits per heavy atom. The summed E-state index contributed by atoms with van der Waals surface area (Å²) in [4.78, 5) is 16.0. The van der Waals surface area contributed by atoms with Gasteiger partial charge >= 0.3 is 0 Å². The third kappa shape index (κ3) is 5.79. The summed E-state index contributed by atoms with van der Waals surface area (Å²) in [7, 11) is 1.65. The van der Waals surface area contributed by atoms with Crippen LogP contribution in [-0.2, 0) is 11.3 Å². The molecule has 6 nitrogen and oxygen atoms in total. The molecule has 1 saturated heterocycles. The fourth-order valence-electron chi connectivity index (χ4n) is 3.75. The van der Waals surface area contributed by atoms with E-state index in [4.69, 9.17) is 4.74 Å². The van der Waals surface area contributed by atoms with Gasteiger partial charge in [0.1, 0.15) is 10.8 Å². The molecule has 1 aliphatic heterocycles. The van der Waals surface area contributed by atoms with Crippen molar-refractivity contribution in [2.75, 3.05) is 25.1 Å². The summed E-state index contributed by atoms with van der Waals surface area (Å²) < 4.78 is 5.24. The van der Waals surface area contributed by atoms with Crippen LogP contribution in [0.3, 0.4) is 0 Å². The summed E-state index contributed by atoms with van der Waals surface area (Å²) in [5.41, 5.74) is 2.28. The van der Waals surface area contributed by atoms with Crippen LogP contribution in [0.4, 0.5) is 5.82 Å². The number of aryl methyl sites for hydroxylation is 1. The number of hydrogen-bond acceptors (Lipinski definition) is 6. The van der Waals surface area contributed by atoms with Crippen molar-refractivity contribution < 1.29 is 9.53 Å². The molecular formula is C25H28N4O2S. The Labute approximate surface area is 193 Å². The van der Waals surface area contributed by atoms with E-state index in [1.807, 2.05) is 36.4 Å². The standard InChI is InChI=1S/C25H28N4O2S/c1-18-6-8-22(9-7-18)32-24-11-10-23(27-28-24)29-14-12-20(13-15-29)25(30)26-17-19-4-3-5-21(16-19)31-2/h3-11,16,20H,12-15,17H2,1-2H3,(H,26,30). The topological polar surface area (TPSA) is 67.3 Å². The number of nitrogens with one attached hydrogen (secondary N) is 1. The predicted octanol–water partition coefficient (Wildman–Crippen LogP) is 4.48. The zero-order valence-corrected chi connectivity index (χ0v) is 19.3. The minimum absolute atomic E-state index is 0.0289. The monoisotopic (exact) mass is 448 g/mol. The molecule has 0 saturated carbocycles. The van der Waals surface area contributed by atoms with E-state index in [1.165, 1.54) is 5.56 Å². The average Bonchev–Trinajstić information content (AvgIpc) is 2.85. The van der Waals surface area contributed by atoms with Crippen molar-refractivity contribution in [3.05, 3.63) is 71.8 Å². The van der Waals surface area contributed by atoms with E-state index in [1.54, 1.807) is 18.9 Å². The number of amides is 1. The van der Waals surface area contributed by atoms with Gasteiger partial charge in [-0.05, 0) is 61.7 Å². The molecule has 7 heteroatoms. The van der Waals surface area contributed by atoms with Crippen LogP contribution in [0.1, 0.15) is 24.0 Å². The normalized spacial score (nSPS) is 14.2. The zero-order chi connectivity index (χ0) is 22.3. The van der Waals surface area contributed by atoms with Crippen LogP contribution >= 0.6 is 11.8 Å². The maximum absolute atomic E-state index is 12.6. The van der Waals surface area contributed by atoms with Crippen molar-refractivity contribution in [3.63, 3.8) is 0 Å². The summed E-state index contributed by atoms with van der Waals surface area (Å²) in [6.07, 6.45) is 1.62. The first-order chi connectivity index (χ1) is 15.6. The van der Waals surface area contributed by atoms with Crippen LogP contribution in [0.25, 0.3) is 0 Å². The number of anilines is 1. The molecule has 0 radical (unpaired) electrons. The van der Waals surface area contributed by atoms with E-state index >= 15 is 0 Å². The van der Waals surface area contributed by atoms with Gasteiger partial charge in [-0.3, -0.25) is 4.79 Å². The number of methoxy groups -OCH3 is 1. The van der Waals surface area contributed by atoms with E-state index < -0.39 is 0 Å². The quantitative estimate of drug-likeness (QED) is 0.575. The van der Waals surface area contributed by atoms with Gasteiger partial charge in [0.2, 0.25) is 5.91 Å². The highest BCUT2D eigenvalue weighted by Crippen LogP contribution is 2.27. The number of carbonyl (C=O) groups is 1. The molecule has 0 unspecified atom stereocenters. The lowest BCUT2D eigenvalue weighted by Crippen LogP contribution is -2.40. The number of benzene rings is 2. The Morgan fingerprint density at radius 1 is 1.09 bits per heavy atom. The molecular weight excluding hydrogens is 420 g/mol. The highest BCUT2D eigenvalue weighted by atomic mass is 32.2. The number of ether oxygens (including phenoxy) is 1. The Hall–Kier alpha value is -3.06. The summed E-state index contributed by atoms with van der Waals surface area (Å²) in [6, 6.07) is 20.2. The molecule has 0 atom stereocenters. The van der Waals surface area contributed by atoms with Gasteiger partial charge in [0.15, 0.2) is 5.82 Å². The summed E-state index contributed by atoms with van der Waals surface area (Å²) in [5.74, 6) is 1.81. The van der Waals surface area contributed by atoms with Gasteiger partial charge in [-0.15, -0.1) is 10.2 Å². The van der Waals surface area contributed by atoms with E-state index in [0.717, 1.165) is 53.0 Å². The Balaban J connectivity index is 1.25. The molecule has 0 aliphatic carbocycles. The second-order valence-corrected chi connectivity index (χ2v) is 9.07. The molecule has 1 aliphatic rings. The second kappa shape index (κ2) is 10.5. The molecule has 1 aromatic heterocycles. The molecule has 4 rings (SSSR count). The lowest BCUT2D eigenvalue weighted by Gasteiger charge is -2.31.